The Hall–Kier alpha value is -2.20. The number of anilines is 3. The summed E-state index contributed by atoms with van der Waals surface area (Å²) in [5.41, 5.74) is 19.1. The first-order valence-corrected chi connectivity index (χ1v) is 12.1. The molecule has 2 aliphatic heterocycles. The molecule has 180 valence electrons. The van der Waals surface area contributed by atoms with Crippen LogP contribution in [0.1, 0.15) is 37.4 Å². The van der Waals surface area contributed by atoms with Crippen LogP contribution in [-0.2, 0) is 13.1 Å². The van der Waals surface area contributed by atoms with Gasteiger partial charge < -0.3 is 22.1 Å². The Kier molecular flexibility index (Phi) is 7.53. The molecule has 2 fully saturated rings. The van der Waals surface area contributed by atoms with E-state index in [2.05, 4.69) is 31.6 Å². The van der Waals surface area contributed by atoms with Crippen LogP contribution in [0.25, 0.3) is 0 Å². The van der Waals surface area contributed by atoms with E-state index in [1.54, 1.807) is 12.1 Å². The summed E-state index contributed by atoms with van der Waals surface area (Å²) < 4.78 is 14.2. The normalized spacial score (nSPS) is 21.0. The molecule has 0 unspecified atom stereocenters. The SMILES string of the molecule is CC[C@H]1CN(c2nc(N)c(CN)nc2N)CCN1C1CCN(Cc2ccc(Cl)cc2F)CC1. The molecule has 2 aromatic rings. The zero-order valence-electron chi connectivity index (χ0n) is 19.2. The van der Waals surface area contributed by atoms with E-state index in [-0.39, 0.29) is 12.4 Å². The molecular formula is C23H34ClFN8. The van der Waals surface area contributed by atoms with Crippen LogP contribution >= 0.6 is 11.6 Å². The second kappa shape index (κ2) is 10.4. The van der Waals surface area contributed by atoms with Crippen molar-refractivity contribution in [3.63, 3.8) is 0 Å². The van der Waals surface area contributed by atoms with E-state index in [1.165, 1.54) is 6.07 Å². The fourth-order valence-corrected chi connectivity index (χ4v) is 5.24. The molecule has 6 N–H and O–H groups in total. The summed E-state index contributed by atoms with van der Waals surface area (Å²) in [5.74, 6) is 1.16. The van der Waals surface area contributed by atoms with Crippen LogP contribution in [0.15, 0.2) is 18.2 Å². The quantitative estimate of drug-likeness (QED) is 0.582. The highest BCUT2D eigenvalue weighted by molar-refractivity contribution is 6.30. The number of nitrogens with zero attached hydrogens (tertiary/aromatic N) is 5. The molecule has 0 saturated carbocycles. The predicted octanol–water partition coefficient (Wildman–Crippen LogP) is 2.46. The van der Waals surface area contributed by atoms with Crippen LogP contribution in [0.4, 0.5) is 21.8 Å². The summed E-state index contributed by atoms with van der Waals surface area (Å²) in [4.78, 5) is 16.0. The van der Waals surface area contributed by atoms with Crippen molar-refractivity contribution < 1.29 is 4.39 Å². The van der Waals surface area contributed by atoms with Crippen molar-refractivity contribution in [2.45, 2.75) is 51.4 Å². The maximum atomic E-state index is 14.2. The Morgan fingerprint density at radius 1 is 1.09 bits per heavy atom. The van der Waals surface area contributed by atoms with Crippen LogP contribution in [-0.4, -0.2) is 64.6 Å². The topological polar surface area (TPSA) is 114 Å². The predicted molar refractivity (Wildman–Crippen MR) is 131 cm³/mol. The molecule has 0 bridgehead atoms. The van der Waals surface area contributed by atoms with E-state index >= 15 is 0 Å². The average Bonchev–Trinajstić information content (AvgIpc) is 2.82. The summed E-state index contributed by atoms with van der Waals surface area (Å²) >= 11 is 5.88. The fourth-order valence-electron chi connectivity index (χ4n) is 5.08. The third-order valence-electron chi connectivity index (χ3n) is 6.93. The molecule has 1 aromatic carbocycles. The molecule has 2 saturated heterocycles. The van der Waals surface area contributed by atoms with Crippen LogP contribution in [0.3, 0.4) is 0 Å². The lowest BCUT2D eigenvalue weighted by atomic mass is 9.97. The molecule has 1 atom stereocenters. The monoisotopic (exact) mass is 476 g/mol. The van der Waals surface area contributed by atoms with Crippen molar-refractivity contribution in [2.75, 3.05) is 49.1 Å². The lowest BCUT2D eigenvalue weighted by molar-refractivity contribution is 0.0608. The standard InChI is InChI=1S/C23H34ClFN8/c1-2-17-14-32(23-22(28)29-20(12-26)21(27)30-23)9-10-33(17)18-5-7-31(8-6-18)13-15-3-4-16(24)11-19(15)25/h3-4,11,17-18H,2,5-10,12-14,26H2,1H3,(H2,27,30)(H2,28,29)/t17-/m0/s1. The van der Waals surface area contributed by atoms with Gasteiger partial charge in [-0.05, 0) is 44.5 Å². The van der Waals surface area contributed by atoms with E-state index < -0.39 is 0 Å². The van der Waals surface area contributed by atoms with Crippen LogP contribution in [0.5, 0.6) is 0 Å². The molecule has 33 heavy (non-hydrogen) atoms. The van der Waals surface area contributed by atoms with Gasteiger partial charge in [-0.3, -0.25) is 9.80 Å². The highest BCUT2D eigenvalue weighted by atomic mass is 35.5. The third kappa shape index (κ3) is 5.32. The van der Waals surface area contributed by atoms with Crippen molar-refractivity contribution >= 4 is 29.1 Å². The van der Waals surface area contributed by atoms with Gasteiger partial charge in [0.25, 0.3) is 0 Å². The summed E-state index contributed by atoms with van der Waals surface area (Å²) in [7, 11) is 0. The first-order chi connectivity index (χ1) is 15.9. The first kappa shape index (κ1) is 23.9. The van der Waals surface area contributed by atoms with Gasteiger partial charge in [-0.1, -0.05) is 24.6 Å². The molecule has 0 spiro atoms. The Morgan fingerprint density at radius 3 is 2.52 bits per heavy atom. The number of halogens is 2. The van der Waals surface area contributed by atoms with Crippen molar-refractivity contribution in [2.24, 2.45) is 5.73 Å². The Bertz CT molecular complexity index is 966. The number of benzene rings is 1. The number of nitrogen functional groups attached to an aromatic ring is 2. The lowest BCUT2D eigenvalue weighted by Gasteiger charge is -2.47. The minimum atomic E-state index is -0.228. The number of hydrogen-bond acceptors (Lipinski definition) is 8. The fraction of sp³-hybridized carbons (Fsp3) is 0.565. The zero-order chi connectivity index (χ0) is 23.5. The van der Waals surface area contributed by atoms with Gasteiger partial charge in [-0.2, -0.15) is 0 Å². The number of aromatic nitrogens is 2. The molecule has 1 aromatic heterocycles. The van der Waals surface area contributed by atoms with E-state index in [9.17, 15) is 4.39 Å². The van der Waals surface area contributed by atoms with Crippen molar-refractivity contribution in [1.82, 2.24) is 19.8 Å². The van der Waals surface area contributed by atoms with Gasteiger partial charge in [0, 0.05) is 55.4 Å². The first-order valence-electron chi connectivity index (χ1n) is 11.7. The summed E-state index contributed by atoms with van der Waals surface area (Å²) in [5, 5.41) is 0.436. The van der Waals surface area contributed by atoms with Crippen LogP contribution in [0, 0.1) is 5.82 Å². The minimum Gasteiger partial charge on any atom is -0.382 e. The average molecular weight is 477 g/mol. The van der Waals surface area contributed by atoms with Gasteiger partial charge in [-0.25, -0.2) is 14.4 Å². The number of nitrogens with two attached hydrogens (primary N) is 3. The van der Waals surface area contributed by atoms with Gasteiger partial charge in [-0.15, -0.1) is 0 Å². The molecule has 0 radical (unpaired) electrons. The van der Waals surface area contributed by atoms with E-state index in [0.29, 0.717) is 52.4 Å². The maximum Gasteiger partial charge on any atom is 0.173 e. The molecule has 8 nitrogen and oxygen atoms in total. The van der Waals surface area contributed by atoms with Gasteiger partial charge >= 0.3 is 0 Å². The number of hydrogen-bond donors (Lipinski definition) is 3. The summed E-state index contributed by atoms with van der Waals surface area (Å²) in [6.45, 7) is 7.59. The second-order valence-electron chi connectivity index (χ2n) is 8.96. The molecule has 3 heterocycles. The molecule has 10 heteroatoms. The highest BCUT2D eigenvalue weighted by Gasteiger charge is 2.34. The van der Waals surface area contributed by atoms with Gasteiger partial charge in [0.1, 0.15) is 11.6 Å². The molecule has 0 amide bonds. The molecule has 2 aliphatic rings. The number of piperazine rings is 1. The maximum absolute atomic E-state index is 14.2. The zero-order valence-corrected chi connectivity index (χ0v) is 19.9. The van der Waals surface area contributed by atoms with E-state index in [1.807, 2.05) is 0 Å². The number of piperidine rings is 1. The van der Waals surface area contributed by atoms with Crippen molar-refractivity contribution in [3.8, 4) is 0 Å². The van der Waals surface area contributed by atoms with Gasteiger partial charge in [0.15, 0.2) is 11.6 Å². The van der Waals surface area contributed by atoms with Crippen molar-refractivity contribution in [1.29, 1.82) is 0 Å². The Balaban J connectivity index is 1.36. The van der Waals surface area contributed by atoms with Gasteiger partial charge in [0.05, 0.1) is 5.69 Å². The molecular weight excluding hydrogens is 443 g/mol. The second-order valence-corrected chi connectivity index (χ2v) is 9.39. The van der Waals surface area contributed by atoms with E-state index in [4.69, 9.17) is 28.8 Å². The minimum absolute atomic E-state index is 0.220. The number of likely N-dealkylation sites (tertiary alicyclic amines) is 1. The largest absolute Gasteiger partial charge is 0.382 e. The van der Waals surface area contributed by atoms with E-state index in [0.717, 1.165) is 52.0 Å². The smallest absolute Gasteiger partial charge is 0.173 e. The summed E-state index contributed by atoms with van der Waals surface area (Å²) in [6, 6.07) is 5.87. The van der Waals surface area contributed by atoms with Crippen molar-refractivity contribution in [3.05, 3.63) is 40.3 Å². The molecule has 0 aliphatic carbocycles. The summed E-state index contributed by atoms with van der Waals surface area (Å²) in [6.07, 6.45) is 3.19. The Labute approximate surface area is 199 Å². The lowest BCUT2D eigenvalue weighted by Crippen LogP contribution is -2.58. The van der Waals surface area contributed by atoms with Crippen LogP contribution in [0.2, 0.25) is 5.02 Å². The molecule has 4 rings (SSSR count). The number of rotatable bonds is 6. The van der Waals surface area contributed by atoms with Crippen LogP contribution < -0.4 is 22.1 Å². The highest BCUT2D eigenvalue weighted by Crippen LogP contribution is 2.29. The Morgan fingerprint density at radius 2 is 1.85 bits per heavy atom. The van der Waals surface area contributed by atoms with Gasteiger partial charge in [0.2, 0.25) is 0 Å². The third-order valence-corrected chi connectivity index (χ3v) is 7.17.